The first kappa shape index (κ1) is 10.8. The molecular weight excluding hydrogens is 182 g/mol. The molecule has 1 amide bonds. The van der Waals surface area contributed by atoms with E-state index in [9.17, 15) is 9.59 Å². The Labute approximate surface area is 83.2 Å². The standard InChI is InChI=1S/C10H15NO3/c1-8-4-2-3-7-11(8)9(12)5-6-10(13)14/h5-6,8H,2-4,7H2,1H3,(H,13,14)/b6-5+. The van der Waals surface area contributed by atoms with Crippen LogP contribution < -0.4 is 0 Å². The molecule has 1 rings (SSSR count). The first-order valence-corrected chi connectivity index (χ1v) is 4.83. The predicted molar refractivity (Wildman–Crippen MR) is 51.8 cm³/mol. The van der Waals surface area contributed by atoms with Gasteiger partial charge in [0, 0.05) is 24.7 Å². The van der Waals surface area contributed by atoms with Crippen LogP contribution in [0.4, 0.5) is 0 Å². The van der Waals surface area contributed by atoms with Crippen LogP contribution >= 0.6 is 0 Å². The molecule has 0 saturated carbocycles. The molecule has 1 saturated heterocycles. The van der Waals surface area contributed by atoms with Crippen LogP contribution in [0.25, 0.3) is 0 Å². The monoisotopic (exact) mass is 197 g/mol. The lowest BCUT2D eigenvalue weighted by atomic mass is 10.0. The Morgan fingerprint density at radius 2 is 2.07 bits per heavy atom. The zero-order chi connectivity index (χ0) is 10.6. The average molecular weight is 197 g/mol. The van der Waals surface area contributed by atoms with Gasteiger partial charge in [-0.2, -0.15) is 0 Å². The van der Waals surface area contributed by atoms with Gasteiger partial charge in [-0.3, -0.25) is 4.79 Å². The highest BCUT2D eigenvalue weighted by Gasteiger charge is 2.21. The van der Waals surface area contributed by atoms with E-state index in [1.165, 1.54) is 0 Å². The number of nitrogens with zero attached hydrogens (tertiary/aromatic N) is 1. The van der Waals surface area contributed by atoms with Gasteiger partial charge in [-0.05, 0) is 26.2 Å². The van der Waals surface area contributed by atoms with Crippen molar-refractivity contribution >= 4 is 11.9 Å². The number of hydrogen-bond acceptors (Lipinski definition) is 2. The summed E-state index contributed by atoms with van der Waals surface area (Å²) in [6, 6.07) is 0.231. The molecule has 14 heavy (non-hydrogen) atoms. The highest BCUT2D eigenvalue weighted by molar-refractivity contribution is 5.94. The van der Waals surface area contributed by atoms with Crippen molar-refractivity contribution in [2.45, 2.75) is 32.2 Å². The van der Waals surface area contributed by atoms with Crippen LogP contribution in [0.1, 0.15) is 26.2 Å². The lowest BCUT2D eigenvalue weighted by Crippen LogP contribution is -2.41. The molecule has 1 unspecified atom stereocenters. The van der Waals surface area contributed by atoms with E-state index in [0.29, 0.717) is 0 Å². The maximum atomic E-state index is 11.5. The second-order valence-corrected chi connectivity index (χ2v) is 3.55. The van der Waals surface area contributed by atoms with Gasteiger partial charge >= 0.3 is 5.97 Å². The van der Waals surface area contributed by atoms with Crippen molar-refractivity contribution in [1.29, 1.82) is 0 Å². The van der Waals surface area contributed by atoms with Crippen molar-refractivity contribution in [3.63, 3.8) is 0 Å². The zero-order valence-electron chi connectivity index (χ0n) is 8.27. The fourth-order valence-electron chi connectivity index (χ4n) is 1.66. The molecular formula is C10H15NO3. The first-order valence-electron chi connectivity index (χ1n) is 4.83. The molecule has 78 valence electrons. The van der Waals surface area contributed by atoms with Gasteiger partial charge in [0.1, 0.15) is 0 Å². The lowest BCUT2D eigenvalue weighted by Gasteiger charge is -2.32. The quantitative estimate of drug-likeness (QED) is 0.672. The van der Waals surface area contributed by atoms with Gasteiger partial charge in [0.25, 0.3) is 0 Å². The second kappa shape index (κ2) is 4.79. The number of carboxylic acid groups (broad SMARTS) is 1. The van der Waals surface area contributed by atoms with Crippen molar-refractivity contribution in [1.82, 2.24) is 4.90 Å². The van der Waals surface area contributed by atoms with E-state index in [4.69, 9.17) is 5.11 Å². The van der Waals surface area contributed by atoms with Gasteiger partial charge < -0.3 is 10.0 Å². The number of carbonyl (C=O) groups excluding carboxylic acids is 1. The minimum Gasteiger partial charge on any atom is -0.478 e. The maximum Gasteiger partial charge on any atom is 0.328 e. The molecule has 1 N–H and O–H groups in total. The topological polar surface area (TPSA) is 57.6 Å². The largest absolute Gasteiger partial charge is 0.478 e. The molecule has 1 aliphatic heterocycles. The lowest BCUT2D eigenvalue weighted by molar-refractivity contribution is -0.133. The third-order valence-electron chi connectivity index (χ3n) is 2.45. The first-order chi connectivity index (χ1) is 6.61. The van der Waals surface area contributed by atoms with E-state index >= 15 is 0 Å². The summed E-state index contributed by atoms with van der Waals surface area (Å²) in [6.07, 6.45) is 5.19. The van der Waals surface area contributed by atoms with Gasteiger partial charge in [-0.1, -0.05) is 0 Å². The Balaban J connectivity index is 2.54. The Bertz CT molecular complexity index is 260. The van der Waals surface area contributed by atoms with Crippen LogP contribution in [0.3, 0.4) is 0 Å². The highest BCUT2D eigenvalue weighted by Crippen LogP contribution is 2.16. The minimum atomic E-state index is -1.08. The second-order valence-electron chi connectivity index (χ2n) is 3.55. The van der Waals surface area contributed by atoms with Crippen molar-refractivity contribution in [2.24, 2.45) is 0 Å². The number of aliphatic carboxylic acids is 1. The van der Waals surface area contributed by atoms with E-state index in [0.717, 1.165) is 38.0 Å². The van der Waals surface area contributed by atoms with Crippen LogP contribution in [0.5, 0.6) is 0 Å². The SMILES string of the molecule is CC1CCCCN1C(=O)/C=C/C(=O)O. The maximum absolute atomic E-state index is 11.5. The Kier molecular flexibility index (Phi) is 3.68. The summed E-state index contributed by atoms with van der Waals surface area (Å²) >= 11 is 0. The summed E-state index contributed by atoms with van der Waals surface area (Å²) in [6.45, 7) is 2.73. The molecule has 4 heteroatoms. The summed E-state index contributed by atoms with van der Waals surface area (Å²) in [5, 5.41) is 8.37. The van der Waals surface area contributed by atoms with Gasteiger partial charge in [0.05, 0.1) is 0 Å². The normalized spacial score (nSPS) is 22.6. The van der Waals surface area contributed by atoms with Crippen LogP contribution in [0.15, 0.2) is 12.2 Å². The molecule has 0 bridgehead atoms. The number of carboxylic acids is 1. The molecule has 0 radical (unpaired) electrons. The third-order valence-corrected chi connectivity index (χ3v) is 2.45. The third kappa shape index (κ3) is 2.87. The predicted octanol–water partition coefficient (Wildman–Crippen LogP) is 1.03. The molecule has 0 aromatic carbocycles. The number of rotatable bonds is 2. The number of piperidine rings is 1. The number of amides is 1. The van der Waals surface area contributed by atoms with Crippen LogP contribution in [-0.4, -0.2) is 34.5 Å². The van der Waals surface area contributed by atoms with E-state index in [1.807, 2.05) is 6.92 Å². The fraction of sp³-hybridized carbons (Fsp3) is 0.600. The molecule has 1 heterocycles. The molecule has 4 nitrogen and oxygen atoms in total. The molecule has 0 aliphatic carbocycles. The van der Waals surface area contributed by atoms with E-state index < -0.39 is 5.97 Å². The van der Waals surface area contributed by atoms with E-state index in [-0.39, 0.29) is 11.9 Å². The van der Waals surface area contributed by atoms with Crippen LogP contribution in [0, 0.1) is 0 Å². The summed E-state index contributed by atoms with van der Waals surface area (Å²) in [4.78, 5) is 23.4. The van der Waals surface area contributed by atoms with Gasteiger partial charge in [0.2, 0.25) is 5.91 Å². The van der Waals surface area contributed by atoms with Gasteiger partial charge in [-0.15, -0.1) is 0 Å². The van der Waals surface area contributed by atoms with Gasteiger partial charge in [0.15, 0.2) is 0 Å². The highest BCUT2D eigenvalue weighted by atomic mass is 16.4. The summed E-state index contributed by atoms with van der Waals surface area (Å²) in [5.41, 5.74) is 0. The van der Waals surface area contributed by atoms with Crippen molar-refractivity contribution < 1.29 is 14.7 Å². The van der Waals surface area contributed by atoms with Crippen molar-refractivity contribution in [3.8, 4) is 0 Å². The average Bonchev–Trinajstić information content (AvgIpc) is 2.15. The Morgan fingerprint density at radius 3 is 2.64 bits per heavy atom. The van der Waals surface area contributed by atoms with Crippen LogP contribution in [-0.2, 0) is 9.59 Å². The molecule has 1 atom stereocenters. The Morgan fingerprint density at radius 1 is 1.36 bits per heavy atom. The van der Waals surface area contributed by atoms with Gasteiger partial charge in [-0.25, -0.2) is 4.79 Å². The van der Waals surface area contributed by atoms with Crippen molar-refractivity contribution in [2.75, 3.05) is 6.54 Å². The van der Waals surface area contributed by atoms with E-state index in [2.05, 4.69) is 0 Å². The molecule has 0 spiro atoms. The number of hydrogen-bond donors (Lipinski definition) is 1. The molecule has 0 aromatic heterocycles. The minimum absolute atomic E-state index is 0.195. The molecule has 0 aromatic rings. The summed E-state index contributed by atoms with van der Waals surface area (Å²) < 4.78 is 0. The fourth-order valence-corrected chi connectivity index (χ4v) is 1.66. The summed E-state index contributed by atoms with van der Waals surface area (Å²) in [5.74, 6) is -1.28. The molecule has 1 aliphatic rings. The number of likely N-dealkylation sites (tertiary alicyclic amines) is 1. The number of carbonyl (C=O) groups is 2. The smallest absolute Gasteiger partial charge is 0.328 e. The van der Waals surface area contributed by atoms with Crippen LogP contribution in [0.2, 0.25) is 0 Å². The summed E-state index contributed by atoms with van der Waals surface area (Å²) in [7, 11) is 0. The Hall–Kier alpha value is -1.32. The molecule has 1 fully saturated rings. The van der Waals surface area contributed by atoms with Crippen molar-refractivity contribution in [3.05, 3.63) is 12.2 Å². The zero-order valence-corrected chi connectivity index (χ0v) is 8.27. The van der Waals surface area contributed by atoms with E-state index in [1.54, 1.807) is 4.90 Å².